The highest BCUT2D eigenvalue weighted by Gasteiger charge is 2.39. The van der Waals surface area contributed by atoms with Crippen molar-refractivity contribution in [1.29, 1.82) is 0 Å². The molecule has 0 heteroatoms. The molecule has 31 heavy (non-hydrogen) atoms. The van der Waals surface area contributed by atoms with E-state index in [0.717, 1.165) is 11.8 Å². The van der Waals surface area contributed by atoms with Crippen LogP contribution in [0.1, 0.15) is 42.2 Å². The maximum atomic E-state index is 2.47. The van der Waals surface area contributed by atoms with Crippen molar-refractivity contribution >= 4 is 21.5 Å². The molecule has 1 fully saturated rings. The third-order valence-electron chi connectivity index (χ3n) is 7.66. The quantitative estimate of drug-likeness (QED) is 0.262. The normalized spacial score (nSPS) is 19.2. The Hall–Kier alpha value is -3.38. The van der Waals surface area contributed by atoms with E-state index >= 15 is 0 Å². The smallest absolute Gasteiger partial charge is 0.0102 e. The summed E-state index contributed by atoms with van der Waals surface area (Å²) in [4.78, 5) is 0. The fourth-order valence-electron chi connectivity index (χ4n) is 6.30. The third kappa shape index (κ3) is 2.55. The number of benzene rings is 5. The maximum absolute atomic E-state index is 2.47. The highest BCUT2D eigenvalue weighted by molar-refractivity contribution is 6.13. The molecular formula is C31H24. The molecule has 2 bridgehead atoms. The first-order valence-corrected chi connectivity index (χ1v) is 11.5. The third-order valence-corrected chi connectivity index (χ3v) is 7.66. The van der Waals surface area contributed by atoms with Crippen molar-refractivity contribution in [2.45, 2.75) is 31.1 Å². The molecule has 148 valence electrons. The molecule has 0 aliphatic heterocycles. The van der Waals surface area contributed by atoms with Gasteiger partial charge in [0, 0.05) is 0 Å². The summed E-state index contributed by atoms with van der Waals surface area (Å²) in [5, 5.41) is 5.81. The zero-order valence-electron chi connectivity index (χ0n) is 17.5. The van der Waals surface area contributed by atoms with Gasteiger partial charge < -0.3 is 0 Å². The standard InChI is InChI=1S/C31H24/c1-3-7-20(8-4-1)22-13-15-26-27-16-14-23(21-9-5-2-6-10-21)19-29(27)31-25-12-11-24(17-25)30(31)28(26)18-22/h1-10,13-16,18-19,24-25H,11-12,17H2. The molecular weight excluding hydrogens is 372 g/mol. The molecule has 1 saturated carbocycles. The predicted octanol–water partition coefficient (Wildman–Crippen LogP) is 8.69. The van der Waals surface area contributed by atoms with Crippen LogP contribution in [-0.2, 0) is 0 Å². The first-order valence-electron chi connectivity index (χ1n) is 11.5. The fraction of sp³-hybridized carbons (Fsp3) is 0.161. The summed E-state index contributed by atoms with van der Waals surface area (Å²) in [5.74, 6) is 1.47. The average Bonchev–Trinajstić information content (AvgIpc) is 3.47. The maximum Gasteiger partial charge on any atom is -0.0102 e. The molecule has 0 radical (unpaired) electrons. The highest BCUT2D eigenvalue weighted by Crippen LogP contribution is 2.58. The minimum atomic E-state index is 0.735. The fourth-order valence-corrected chi connectivity index (χ4v) is 6.30. The van der Waals surface area contributed by atoms with Crippen LogP contribution in [0, 0.1) is 0 Å². The van der Waals surface area contributed by atoms with Crippen LogP contribution in [0.15, 0.2) is 97.1 Å². The molecule has 0 N–H and O–H groups in total. The van der Waals surface area contributed by atoms with E-state index in [9.17, 15) is 0 Å². The molecule has 2 aliphatic carbocycles. The molecule has 0 nitrogen and oxygen atoms in total. The Morgan fingerprint density at radius 3 is 1.32 bits per heavy atom. The first-order chi connectivity index (χ1) is 15.4. The lowest BCUT2D eigenvalue weighted by Crippen LogP contribution is -2.01. The van der Waals surface area contributed by atoms with Crippen LogP contribution in [0.4, 0.5) is 0 Å². The van der Waals surface area contributed by atoms with E-state index in [4.69, 9.17) is 0 Å². The van der Waals surface area contributed by atoms with Crippen LogP contribution in [-0.4, -0.2) is 0 Å². The van der Waals surface area contributed by atoms with E-state index in [1.165, 1.54) is 63.1 Å². The Balaban J connectivity index is 1.54. The molecule has 2 atom stereocenters. The molecule has 5 aromatic carbocycles. The second kappa shape index (κ2) is 6.56. The minimum Gasteiger partial charge on any atom is -0.0622 e. The second-order valence-corrected chi connectivity index (χ2v) is 9.29. The molecule has 0 aromatic heterocycles. The molecule has 0 saturated heterocycles. The zero-order chi connectivity index (χ0) is 20.4. The minimum absolute atomic E-state index is 0.735. The van der Waals surface area contributed by atoms with Crippen LogP contribution in [0.5, 0.6) is 0 Å². The van der Waals surface area contributed by atoms with Gasteiger partial charge in [-0.3, -0.25) is 0 Å². The Morgan fingerprint density at radius 1 is 0.419 bits per heavy atom. The Morgan fingerprint density at radius 2 is 0.871 bits per heavy atom. The monoisotopic (exact) mass is 396 g/mol. The number of fused-ring (bicyclic) bond motifs is 10. The number of rotatable bonds is 2. The van der Waals surface area contributed by atoms with Gasteiger partial charge in [-0.2, -0.15) is 0 Å². The molecule has 5 aromatic rings. The molecule has 0 heterocycles. The van der Waals surface area contributed by atoms with E-state index in [1.807, 2.05) is 0 Å². The molecule has 2 unspecified atom stereocenters. The summed E-state index contributed by atoms with van der Waals surface area (Å²) in [6.07, 6.45) is 4.05. The molecule has 0 amide bonds. The lowest BCUT2D eigenvalue weighted by atomic mass is 9.82. The molecule has 2 aliphatic rings. The predicted molar refractivity (Wildman–Crippen MR) is 132 cm³/mol. The van der Waals surface area contributed by atoms with Crippen molar-refractivity contribution in [3.8, 4) is 22.3 Å². The van der Waals surface area contributed by atoms with Gasteiger partial charge in [-0.05, 0) is 98.2 Å². The van der Waals surface area contributed by atoms with E-state index in [1.54, 1.807) is 11.1 Å². The molecule has 0 spiro atoms. The van der Waals surface area contributed by atoms with Gasteiger partial charge in [-0.1, -0.05) is 84.9 Å². The van der Waals surface area contributed by atoms with Gasteiger partial charge in [0.1, 0.15) is 0 Å². The number of hydrogen-bond acceptors (Lipinski definition) is 0. The summed E-state index contributed by atoms with van der Waals surface area (Å²) >= 11 is 0. The van der Waals surface area contributed by atoms with Crippen molar-refractivity contribution in [3.05, 3.63) is 108 Å². The van der Waals surface area contributed by atoms with Crippen LogP contribution in [0.3, 0.4) is 0 Å². The summed E-state index contributed by atoms with van der Waals surface area (Å²) in [5.41, 5.74) is 8.59. The van der Waals surface area contributed by atoms with E-state index < -0.39 is 0 Å². The van der Waals surface area contributed by atoms with Crippen molar-refractivity contribution < 1.29 is 0 Å². The lowest BCUT2D eigenvalue weighted by molar-refractivity contribution is 0.726. The summed E-state index contributed by atoms with van der Waals surface area (Å²) in [6.45, 7) is 0. The van der Waals surface area contributed by atoms with Gasteiger partial charge in [0.2, 0.25) is 0 Å². The van der Waals surface area contributed by atoms with Crippen molar-refractivity contribution in [2.75, 3.05) is 0 Å². The van der Waals surface area contributed by atoms with E-state index in [2.05, 4.69) is 97.1 Å². The van der Waals surface area contributed by atoms with Crippen LogP contribution in [0.25, 0.3) is 43.8 Å². The topological polar surface area (TPSA) is 0 Å². The van der Waals surface area contributed by atoms with Crippen LogP contribution >= 0.6 is 0 Å². The van der Waals surface area contributed by atoms with Gasteiger partial charge >= 0.3 is 0 Å². The first kappa shape index (κ1) is 17.3. The Kier molecular flexibility index (Phi) is 3.66. The van der Waals surface area contributed by atoms with Crippen molar-refractivity contribution in [1.82, 2.24) is 0 Å². The average molecular weight is 397 g/mol. The van der Waals surface area contributed by atoms with Gasteiger partial charge in [0.15, 0.2) is 0 Å². The number of hydrogen-bond donors (Lipinski definition) is 0. The Bertz CT molecular complexity index is 1330. The van der Waals surface area contributed by atoms with Gasteiger partial charge in [0.05, 0.1) is 0 Å². The summed E-state index contributed by atoms with van der Waals surface area (Å²) in [6, 6.07) is 35.9. The van der Waals surface area contributed by atoms with Crippen LogP contribution < -0.4 is 0 Å². The van der Waals surface area contributed by atoms with Crippen molar-refractivity contribution in [3.63, 3.8) is 0 Å². The summed E-state index contributed by atoms with van der Waals surface area (Å²) in [7, 11) is 0. The highest BCUT2D eigenvalue weighted by atomic mass is 14.4. The van der Waals surface area contributed by atoms with Crippen LogP contribution in [0.2, 0.25) is 0 Å². The van der Waals surface area contributed by atoms with Crippen molar-refractivity contribution in [2.24, 2.45) is 0 Å². The zero-order valence-corrected chi connectivity index (χ0v) is 17.5. The lowest BCUT2D eigenvalue weighted by Gasteiger charge is -2.22. The van der Waals surface area contributed by atoms with Gasteiger partial charge in [-0.15, -0.1) is 0 Å². The van der Waals surface area contributed by atoms with E-state index in [-0.39, 0.29) is 0 Å². The Labute approximate surface area is 183 Å². The summed E-state index contributed by atoms with van der Waals surface area (Å²) < 4.78 is 0. The molecule has 7 rings (SSSR count). The largest absolute Gasteiger partial charge is 0.0622 e. The van der Waals surface area contributed by atoms with Gasteiger partial charge in [0.25, 0.3) is 0 Å². The second-order valence-electron chi connectivity index (χ2n) is 9.29. The SMILES string of the molecule is c1ccc(-c2ccc3c(c2)c2c(c4cc(-c5ccccc5)ccc43)C3CCC2C3)cc1. The van der Waals surface area contributed by atoms with E-state index in [0.29, 0.717) is 0 Å². The van der Waals surface area contributed by atoms with Gasteiger partial charge in [-0.25, -0.2) is 0 Å².